The molecule has 8 nitrogen and oxygen atoms in total. The number of benzene rings is 3. The third-order valence-corrected chi connectivity index (χ3v) is 5.33. The Morgan fingerprint density at radius 3 is 2.24 bits per heavy atom. The molecule has 0 fully saturated rings. The van der Waals surface area contributed by atoms with E-state index in [1.54, 1.807) is 30.3 Å². The molecule has 1 aliphatic heterocycles. The predicted octanol–water partition coefficient (Wildman–Crippen LogP) is 3.80. The summed E-state index contributed by atoms with van der Waals surface area (Å²) in [5.74, 6) is -1.57. The molecule has 172 valence electrons. The van der Waals surface area contributed by atoms with E-state index in [2.05, 4.69) is 16.0 Å². The summed E-state index contributed by atoms with van der Waals surface area (Å²) in [4.78, 5) is 49.1. The molecule has 1 aliphatic rings. The molecule has 2 amide bonds. The van der Waals surface area contributed by atoms with Gasteiger partial charge in [-0.25, -0.2) is 4.79 Å². The number of carbonyl (C=O) groups is 4. The van der Waals surface area contributed by atoms with Gasteiger partial charge in [0, 0.05) is 11.3 Å². The Morgan fingerprint density at radius 1 is 0.882 bits per heavy atom. The van der Waals surface area contributed by atoms with Crippen LogP contribution in [0.15, 0.2) is 72.8 Å². The van der Waals surface area contributed by atoms with Gasteiger partial charge in [0.25, 0.3) is 0 Å². The predicted molar refractivity (Wildman–Crippen MR) is 128 cm³/mol. The lowest BCUT2D eigenvalue weighted by molar-refractivity contribution is -0.122. The SMILES string of the molecule is Cc1ccc(C(=O)COC(=O)c2ccc(NC(=O)C[C@@H]3Nc4ccccc4NC3=O)cc2)cc1. The fraction of sp³-hybridized carbons (Fsp3) is 0.154. The Balaban J connectivity index is 1.28. The maximum Gasteiger partial charge on any atom is 0.338 e. The summed E-state index contributed by atoms with van der Waals surface area (Å²) in [7, 11) is 0. The molecule has 4 rings (SSSR count). The van der Waals surface area contributed by atoms with Gasteiger partial charge in [0.15, 0.2) is 12.4 Å². The number of nitrogens with one attached hydrogen (secondary N) is 3. The monoisotopic (exact) mass is 457 g/mol. The molecule has 0 radical (unpaired) electrons. The molecule has 0 saturated carbocycles. The van der Waals surface area contributed by atoms with Crippen LogP contribution in [0, 0.1) is 6.92 Å². The zero-order valence-corrected chi connectivity index (χ0v) is 18.5. The van der Waals surface area contributed by atoms with Gasteiger partial charge < -0.3 is 20.7 Å². The van der Waals surface area contributed by atoms with Crippen molar-refractivity contribution in [2.24, 2.45) is 0 Å². The van der Waals surface area contributed by atoms with Gasteiger partial charge in [-0.1, -0.05) is 42.0 Å². The highest BCUT2D eigenvalue weighted by Crippen LogP contribution is 2.26. The number of rotatable bonds is 7. The highest BCUT2D eigenvalue weighted by Gasteiger charge is 2.27. The molecule has 3 N–H and O–H groups in total. The minimum atomic E-state index is -0.699. The Labute approximate surface area is 196 Å². The minimum Gasteiger partial charge on any atom is -0.454 e. The van der Waals surface area contributed by atoms with Crippen molar-refractivity contribution in [3.05, 3.63) is 89.5 Å². The summed E-state index contributed by atoms with van der Waals surface area (Å²) in [6, 6.07) is 19.7. The zero-order chi connectivity index (χ0) is 24.1. The largest absolute Gasteiger partial charge is 0.454 e. The summed E-state index contributed by atoms with van der Waals surface area (Å²) in [6.07, 6.45) is -0.0644. The molecule has 0 unspecified atom stereocenters. The van der Waals surface area contributed by atoms with Crippen LogP contribution in [0.1, 0.15) is 32.7 Å². The summed E-state index contributed by atoms with van der Waals surface area (Å²) in [5, 5.41) is 8.55. The second kappa shape index (κ2) is 9.99. The number of esters is 1. The number of aryl methyl sites for hydroxylation is 1. The minimum absolute atomic E-state index is 0.0644. The Kier molecular flexibility index (Phi) is 6.68. The number of ether oxygens (including phenoxy) is 1. The molecule has 0 bridgehead atoms. The lowest BCUT2D eigenvalue weighted by atomic mass is 10.1. The van der Waals surface area contributed by atoms with Gasteiger partial charge in [-0.3, -0.25) is 14.4 Å². The zero-order valence-electron chi connectivity index (χ0n) is 18.5. The molecule has 1 heterocycles. The smallest absolute Gasteiger partial charge is 0.338 e. The fourth-order valence-electron chi connectivity index (χ4n) is 3.46. The van der Waals surface area contributed by atoms with Crippen LogP contribution >= 0.6 is 0 Å². The first-order valence-corrected chi connectivity index (χ1v) is 10.7. The molecule has 8 heteroatoms. The van der Waals surface area contributed by atoms with E-state index in [1.165, 1.54) is 12.1 Å². The summed E-state index contributed by atoms with van der Waals surface area (Å²) < 4.78 is 5.11. The van der Waals surface area contributed by atoms with E-state index in [4.69, 9.17) is 4.74 Å². The van der Waals surface area contributed by atoms with Crippen LogP contribution in [0.5, 0.6) is 0 Å². The lowest BCUT2D eigenvalue weighted by Crippen LogP contribution is -2.41. The van der Waals surface area contributed by atoms with Crippen LogP contribution in [-0.2, 0) is 14.3 Å². The van der Waals surface area contributed by atoms with Gasteiger partial charge in [-0.05, 0) is 43.3 Å². The van der Waals surface area contributed by atoms with E-state index in [-0.39, 0.29) is 36.2 Å². The fourth-order valence-corrected chi connectivity index (χ4v) is 3.46. The molecular weight excluding hydrogens is 434 g/mol. The van der Waals surface area contributed by atoms with Crippen molar-refractivity contribution in [3.63, 3.8) is 0 Å². The van der Waals surface area contributed by atoms with E-state index < -0.39 is 12.0 Å². The molecular formula is C26H23N3O5. The van der Waals surface area contributed by atoms with Gasteiger partial charge in [0.2, 0.25) is 11.8 Å². The third-order valence-electron chi connectivity index (χ3n) is 5.33. The first-order chi connectivity index (χ1) is 16.4. The van der Waals surface area contributed by atoms with E-state index in [0.717, 1.165) is 11.3 Å². The number of para-hydroxylation sites is 2. The number of hydrogen-bond acceptors (Lipinski definition) is 6. The van der Waals surface area contributed by atoms with Crippen molar-refractivity contribution in [1.82, 2.24) is 0 Å². The number of Topliss-reactive ketones (excluding diaryl/α,β-unsaturated/α-hetero) is 1. The van der Waals surface area contributed by atoms with Gasteiger partial charge in [0.05, 0.1) is 23.4 Å². The second-order valence-corrected chi connectivity index (χ2v) is 7.93. The molecule has 0 aromatic heterocycles. The molecule has 0 saturated heterocycles. The van der Waals surface area contributed by atoms with Crippen molar-refractivity contribution in [2.45, 2.75) is 19.4 Å². The highest BCUT2D eigenvalue weighted by molar-refractivity contribution is 6.06. The van der Waals surface area contributed by atoms with E-state index in [9.17, 15) is 19.2 Å². The van der Waals surface area contributed by atoms with Crippen LogP contribution in [0.4, 0.5) is 17.1 Å². The Hall–Kier alpha value is -4.46. The Morgan fingerprint density at radius 2 is 1.53 bits per heavy atom. The average Bonchev–Trinajstić information content (AvgIpc) is 2.83. The van der Waals surface area contributed by atoms with Crippen molar-refractivity contribution >= 4 is 40.6 Å². The molecule has 34 heavy (non-hydrogen) atoms. The van der Waals surface area contributed by atoms with Crippen molar-refractivity contribution in [2.75, 3.05) is 22.6 Å². The first-order valence-electron chi connectivity index (χ1n) is 10.7. The summed E-state index contributed by atoms with van der Waals surface area (Å²) in [5.41, 5.74) is 3.65. The highest BCUT2D eigenvalue weighted by atomic mass is 16.5. The average molecular weight is 457 g/mol. The maximum absolute atomic E-state index is 12.4. The van der Waals surface area contributed by atoms with Gasteiger partial charge in [-0.15, -0.1) is 0 Å². The number of anilines is 3. The first kappa shape index (κ1) is 22.7. The molecule has 3 aromatic rings. The van der Waals surface area contributed by atoms with Crippen LogP contribution in [0.3, 0.4) is 0 Å². The molecule has 0 spiro atoms. The number of hydrogen-bond donors (Lipinski definition) is 3. The number of fused-ring (bicyclic) bond motifs is 1. The van der Waals surface area contributed by atoms with Gasteiger partial charge >= 0.3 is 5.97 Å². The molecule has 0 aliphatic carbocycles. The molecule has 1 atom stereocenters. The standard InChI is InChI=1S/C26H23N3O5/c1-16-6-8-17(9-7-16)23(30)15-34-26(33)18-10-12-19(13-11-18)27-24(31)14-22-25(32)29-21-5-3-2-4-20(21)28-22/h2-13,22,28H,14-15H2,1H3,(H,27,31)(H,29,32)/t22-/m0/s1. The maximum atomic E-state index is 12.4. The van der Waals surface area contributed by atoms with Crippen molar-refractivity contribution in [3.8, 4) is 0 Å². The van der Waals surface area contributed by atoms with E-state index >= 15 is 0 Å². The van der Waals surface area contributed by atoms with E-state index in [1.807, 2.05) is 37.3 Å². The van der Waals surface area contributed by atoms with Crippen molar-refractivity contribution in [1.29, 1.82) is 0 Å². The quantitative estimate of drug-likeness (QED) is 0.367. The van der Waals surface area contributed by atoms with E-state index in [0.29, 0.717) is 16.9 Å². The Bertz CT molecular complexity index is 1240. The molecule has 3 aromatic carbocycles. The third kappa shape index (κ3) is 5.47. The summed E-state index contributed by atoms with van der Waals surface area (Å²) in [6.45, 7) is 1.56. The normalized spacial score (nSPS) is 14.3. The number of carbonyl (C=O) groups excluding carboxylic acids is 4. The number of ketones is 1. The summed E-state index contributed by atoms with van der Waals surface area (Å²) >= 11 is 0. The van der Waals surface area contributed by atoms with Crippen LogP contribution in [0.2, 0.25) is 0 Å². The van der Waals surface area contributed by atoms with Crippen LogP contribution < -0.4 is 16.0 Å². The van der Waals surface area contributed by atoms with Crippen molar-refractivity contribution < 1.29 is 23.9 Å². The topological polar surface area (TPSA) is 114 Å². The van der Waals surface area contributed by atoms with Crippen LogP contribution in [0.25, 0.3) is 0 Å². The lowest BCUT2D eigenvalue weighted by Gasteiger charge is -2.26. The van der Waals surface area contributed by atoms with Gasteiger partial charge in [-0.2, -0.15) is 0 Å². The number of amides is 2. The van der Waals surface area contributed by atoms with Gasteiger partial charge in [0.1, 0.15) is 6.04 Å². The second-order valence-electron chi connectivity index (χ2n) is 7.93. The van der Waals surface area contributed by atoms with Crippen LogP contribution in [-0.4, -0.2) is 36.2 Å².